The summed E-state index contributed by atoms with van der Waals surface area (Å²) in [5.74, 6) is 0.828. The van der Waals surface area contributed by atoms with Gasteiger partial charge in [-0.15, -0.1) is 0 Å². The van der Waals surface area contributed by atoms with E-state index in [1.165, 1.54) is 39.2 Å². The highest BCUT2D eigenvalue weighted by Crippen LogP contribution is 2.30. The average Bonchev–Trinajstić information content (AvgIpc) is 2.95. The number of carbonyl (C=O) groups is 1. The molecule has 0 saturated heterocycles. The van der Waals surface area contributed by atoms with Gasteiger partial charge in [0.05, 0.1) is 7.11 Å². The monoisotopic (exact) mass is 266 g/mol. The van der Waals surface area contributed by atoms with Gasteiger partial charge in [-0.25, -0.2) is 4.79 Å². The molecule has 2 rings (SSSR count). The first kappa shape index (κ1) is 14.1. The second kappa shape index (κ2) is 6.75. The molecule has 1 saturated carbocycles. The van der Waals surface area contributed by atoms with Gasteiger partial charge in [-0.1, -0.05) is 32.1 Å². The molecule has 1 atom stereocenters. The van der Waals surface area contributed by atoms with Crippen LogP contribution in [0.15, 0.2) is 16.5 Å². The summed E-state index contributed by atoms with van der Waals surface area (Å²) in [6.07, 6.45) is 7.62. The number of carbonyl (C=O) groups excluding carboxylic acids is 1. The van der Waals surface area contributed by atoms with E-state index in [9.17, 15) is 9.90 Å². The van der Waals surface area contributed by atoms with Crippen molar-refractivity contribution in [2.45, 2.75) is 51.0 Å². The van der Waals surface area contributed by atoms with E-state index in [1.54, 1.807) is 12.1 Å². The minimum atomic E-state index is -0.625. The Kier molecular flexibility index (Phi) is 5.02. The lowest BCUT2D eigenvalue weighted by atomic mass is 9.85. The molecular weight excluding hydrogens is 244 g/mol. The van der Waals surface area contributed by atoms with Gasteiger partial charge in [0.15, 0.2) is 0 Å². The summed E-state index contributed by atoms with van der Waals surface area (Å²) in [6.45, 7) is 0. The summed E-state index contributed by atoms with van der Waals surface area (Å²) in [5, 5.41) is 10.1. The summed E-state index contributed by atoms with van der Waals surface area (Å²) in [7, 11) is 1.31. The first-order chi connectivity index (χ1) is 9.20. The lowest BCUT2D eigenvalue weighted by Gasteiger charge is -2.22. The predicted octanol–water partition coefficient (Wildman–Crippen LogP) is 3.46. The third kappa shape index (κ3) is 3.83. The second-order valence-electron chi connectivity index (χ2n) is 5.29. The molecule has 1 unspecified atom stereocenters. The Balaban J connectivity index is 1.83. The highest BCUT2D eigenvalue weighted by atomic mass is 16.5. The van der Waals surface area contributed by atoms with Crippen LogP contribution in [-0.2, 0) is 4.74 Å². The van der Waals surface area contributed by atoms with Gasteiger partial charge in [0.2, 0.25) is 5.76 Å². The summed E-state index contributed by atoms with van der Waals surface area (Å²) in [6, 6.07) is 3.20. The Morgan fingerprint density at radius 3 is 2.84 bits per heavy atom. The fourth-order valence-corrected chi connectivity index (χ4v) is 2.75. The molecular formula is C15H22O4. The van der Waals surface area contributed by atoms with Crippen molar-refractivity contribution in [3.05, 3.63) is 23.7 Å². The number of aliphatic hydroxyl groups is 1. The van der Waals surface area contributed by atoms with Crippen molar-refractivity contribution in [1.82, 2.24) is 0 Å². The Morgan fingerprint density at radius 1 is 1.42 bits per heavy atom. The summed E-state index contributed by atoms with van der Waals surface area (Å²) in [4.78, 5) is 11.3. The molecule has 1 aromatic heterocycles. The van der Waals surface area contributed by atoms with Crippen molar-refractivity contribution < 1.29 is 19.1 Å². The van der Waals surface area contributed by atoms with E-state index in [0.717, 1.165) is 12.3 Å². The van der Waals surface area contributed by atoms with Gasteiger partial charge in [-0.05, 0) is 30.9 Å². The molecule has 0 spiro atoms. The Hall–Kier alpha value is -1.29. The summed E-state index contributed by atoms with van der Waals surface area (Å²) < 4.78 is 9.88. The number of furan rings is 1. The molecule has 0 radical (unpaired) electrons. The minimum Gasteiger partial charge on any atom is -0.463 e. The Labute approximate surface area is 113 Å². The molecule has 1 aromatic rings. The molecule has 1 aliphatic carbocycles. The van der Waals surface area contributed by atoms with Crippen LogP contribution >= 0.6 is 0 Å². The highest BCUT2D eigenvalue weighted by Gasteiger charge is 2.19. The van der Waals surface area contributed by atoms with E-state index in [1.807, 2.05) is 0 Å². The molecule has 0 amide bonds. The van der Waals surface area contributed by atoms with Crippen LogP contribution in [0.4, 0.5) is 0 Å². The van der Waals surface area contributed by atoms with Gasteiger partial charge in [0.1, 0.15) is 11.9 Å². The predicted molar refractivity (Wildman–Crippen MR) is 70.8 cm³/mol. The smallest absolute Gasteiger partial charge is 0.373 e. The number of hydrogen-bond donors (Lipinski definition) is 1. The Bertz CT molecular complexity index is 404. The van der Waals surface area contributed by atoms with Crippen molar-refractivity contribution in [2.24, 2.45) is 5.92 Å². The quantitative estimate of drug-likeness (QED) is 0.829. The van der Waals surface area contributed by atoms with Crippen LogP contribution in [-0.4, -0.2) is 18.2 Å². The van der Waals surface area contributed by atoms with E-state index >= 15 is 0 Å². The fourth-order valence-electron chi connectivity index (χ4n) is 2.75. The maximum atomic E-state index is 11.3. The molecule has 0 aromatic carbocycles. The molecule has 19 heavy (non-hydrogen) atoms. The van der Waals surface area contributed by atoms with Crippen LogP contribution in [0.3, 0.4) is 0 Å². The SMILES string of the molecule is COC(=O)c1ccc(C(O)CCC2CCCCC2)o1. The number of esters is 1. The molecule has 1 aliphatic rings. The van der Waals surface area contributed by atoms with Gasteiger partial charge < -0.3 is 14.3 Å². The lowest BCUT2D eigenvalue weighted by molar-refractivity contribution is 0.0552. The van der Waals surface area contributed by atoms with Crippen LogP contribution in [0, 0.1) is 5.92 Å². The van der Waals surface area contributed by atoms with Gasteiger partial charge in [-0.2, -0.15) is 0 Å². The number of rotatable bonds is 5. The van der Waals surface area contributed by atoms with Crippen LogP contribution in [0.5, 0.6) is 0 Å². The zero-order chi connectivity index (χ0) is 13.7. The topological polar surface area (TPSA) is 59.7 Å². The van der Waals surface area contributed by atoms with Gasteiger partial charge in [0, 0.05) is 0 Å². The molecule has 1 fully saturated rings. The van der Waals surface area contributed by atoms with Crippen LogP contribution in [0.2, 0.25) is 0 Å². The van der Waals surface area contributed by atoms with Crippen molar-refractivity contribution in [3.63, 3.8) is 0 Å². The molecule has 106 valence electrons. The summed E-state index contributed by atoms with van der Waals surface area (Å²) >= 11 is 0. The van der Waals surface area contributed by atoms with Crippen molar-refractivity contribution >= 4 is 5.97 Å². The molecule has 4 heteroatoms. The molecule has 0 aliphatic heterocycles. The first-order valence-corrected chi connectivity index (χ1v) is 7.07. The molecule has 4 nitrogen and oxygen atoms in total. The van der Waals surface area contributed by atoms with Gasteiger partial charge in [-0.3, -0.25) is 0 Å². The molecule has 0 bridgehead atoms. The van der Waals surface area contributed by atoms with E-state index < -0.39 is 12.1 Å². The van der Waals surface area contributed by atoms with Gasteiger partial charge >= 0.3 is 5.97 Å². The number of hydrogen-bond acceptors (Lipinski definition) is 4. The minimum absolute atomic E-state index is 0.147. The summed E-state index contributed by atoms with van der Waals surface area (Å²) in [5.41, 5.74) is 0. The van der Waals surface area contributed by atoms with Crippen molar-refractivity contribution in [3.8, 4) is 0 Å². The lowest BCUT2D eigenvalue weighted by Crippen LogP contribution is -2.08. The average molecular weight is 266 g/mol. The largest absolute Gasteiger partial charge is 0.463 e. The van der Waals surface area contributed by atoms with Crippen molar-refractivity contribution in [2.75, 3.05) is 7.11 Å². The molecule has 1 N–H and O–H groups in total. The van der Waals surface area contributed by atoms with Gasteiger partial charge in [0.25, 0.3) is 0 Å². The zero-order valence-electron chi connectivity index (χ0n) is 11.4. The van der Waals surface area contributed by atoms with Crippen LogP contribution in [0.1, 0.15) is 67.4 Å². The second-order valence-corrected chi connectivity index (χ2v) is 5.29. The standard InChI is InChI=1S/C15H22O4/c1-18-15(17)14-10-9-13(19-14)12(16)8-7-11-5-3-2-4-6-11/h9-12,16H,2-8H2,1H3. The maximum Gasteiger partial charge on any atom is 0.373 e. The fraction of sp³-hybridized carbons (Fsp3) is 0.667. The normalized spacial score (nSPS) is 18.2. The van der Waals surface area contributed by atoms with E-state index in [-0.39, 0.29) is 5.76 Å². The van der Waals surface area contributed by atoms with Crippen LogP contribution < -0.4 is 0 Å². The maximum absolute atomic E-state index is 11.3. The number of ether oxygens (including phenoxy) is 1. The number of aliphatic hydroxyl groups excluding tert-OH is 1. The highest BCUT2D eigenvalue weighted by molar-refractivity contribution is 5.86. The number of methoxy groups -OCH3 is 1. The van der Waals surface area contributed by atoms with Crippen LogP contribution in [0.25, 0.3) is 0 Å². The third-order valence-corrected chi connectivity index (χ3v) is 3.91. The van der Waals surface area contributed by atoms with E-state index in [2.05, 4.69) is 4.74 Å². The molecule has 1 heterocycles. The third-order valence-electron chi connectivity index (χ3n) is 3.91. The Morgan fingerprint density at radius 2 is 2.16 bits per heavy atom. The van der Waals surface area contributed by atoms with Crippen molar-refractivity contribution in [1.29, 1.82) is 0 Å². The first-order valence-electron chi connectivity index (χ1n) is 7.07. The van der Waals surface area contributed by atoms with E-state index in [4.69, 9.17) is 4.42 Å². The zero-order valence-corrected chi connectivity index (χ0v) is 11.4. The van der Waals surface area contributed by atoms with E-state index in [0.29, 0.717) is 12.2 Å².